The van der Waals surface area contributed by atoms with E-state index in [1.807, 2.05) is 6.92 Å². The summed E-state index contributed by atoms with van der Waals surface area (Å²) >= 11 is 0. The van der Waals surface area contributed by atoms with Gasteiger partial charge >= 0.3 is 0 Å². The molecule has 1 heterocycles. The van der Waals surface area contributed by atoms with Crippen LogP contribution in [0.15, 0.2) is 41.9 Å². The summed E-state index contributed by atoms with van der Waals surface area (Å²) in [6, 6.07) is 3.50. The molecule has 0 radical (unpaired) electrons. The molecule has 0 saturated carbocycles. The first-order valence-corrected chi connectivity index (χ1v) is 6.69. The van der Waals surface area contributed by atoms with Crippen LogP contribution in [-0.2, 0) is 10.4 Å². The average molecular weight is 277 g/mol. The smallest absolute Gasteiger partial charge is 0.223 e. The predicted octanol–water partition coefficient (Wildman–Crippen LogP) is 2.68. The van der Waals surface area contributed by atoms with Crippen molar-refractivity contribution in [2.45, 2.75) is 32.3 Å². The molecule has 0 aromatic carbocycles. The van der Waals surface area contributed by atoms with Gasteiger partial charge in [-0.2, -0.15) is 0 Å². The molecule has 4 nitrogen and oxygen atoms in total. The Morgan fingerprint density at radius 2 is 2.05 bits per heavy atom. The Kier molecular flexibility index (Phi) is 5.77. The number of allylic oxidation sites excluding steroid dienone is 2. The van der Waals surface area contributed by atoms with E-state index in [-0.39, 0.29) is 18.4 Å². The number of rotatable bonds is 8. The topological polar surface area (TPSA) is 62.5 Å². The minimum Gasteiger partial charge on any atom is -0.463 e. The Bertz CT molecular complexity index is 464. The van der Waals surface area contributed by atoms with E-state index in [2.05, 4.69) is 18.5 Å². The summed E-state index contributed by atoms with van der Waals surface area (Å²) in [4.78, 5) is 12.1. The van der Waals surface area contributed by atoms with Gasteiger partial charge in [0.25, 0.3) is 0 Å². The van der Waals surface area contributed by atoms with Gasteiger partial charge in [0.05, 0.1) is 6.54 Å². The highest BCUT2D eigenvalue weighted by atomic mass is 16.4. The van der Waals surface area contributed by atoms with Crippen LogP contribution in [0.3, 0.4) is 0 Å². The molecule has 4 heteroatoms. The molecule has 0 bridgehead atoms. The van der Waals surface area contributed by atoms with E-state index in [9.17, 15) is 9.90 Å². The fourth-order valence-electron chi connectivity index (χ4n) is 1.93. The largest absolute Gasteiger partial charge is 0.463 e. The van der Waals surface area contributed by atoms with Crippen LogP contribution >= 0.6 is 0 Å². The van der Waals surface area contributed by atoms with E-state index in [1.165, 1.54) is 0 Å². The van der Waals surface area contributed by atoms with Crippen LogP contribution < -0.4 is 5.32 Å². The summed E-state index contributed by atoms with van der Waals surface area (Å²) in [5.74, 6) is 0.856. The van der Waals surface area contributed by atoms with Crippen molar-refractivity contribution in [3.63, 3.8) is 0 Å². The molecule has 1 atom stereocenters. The van der Waals surface area contributed by atoms with Crippen molar-refractivity contribution in [2.24, 2.45) is 5.92 Å². The number of carbonyl (C=O) groups excluding carboxylic acids is 1. The van der Waals surface area contributed by atoms with Gasteiger partial charge in [-0.1, -0.05) is 12.2 Å². The number of aliphatic hydroxyl groups is 1. The molecule has 0 saturated heterocycles. The van der Waals surface area contributed by atoms with Crippen molar-refractivity contribution in [3.05, 3.63) is 49.0 Å². The fourth-order valence-corrected chi connectivity index (χ4v) is 1.93. The lowest BCUT2D eigenvalue weighted by Crippen LogP contribution is -2.40. The Balaban J connectivity index is 2.62. The second kappa shape index (κ2) is 7.10. The van der Waals surface area contributed by atoms with Gasteiger partial charge in [0.2, 0.25) is 5.91 Å². The van der Waals surface area contributed by atoms with E-state index < -0.39 is 5.60 Å². The Hall–Kier alpha value is -1.81. The summed E-state index contributed by atoms with van der Waals surface area (Å²) in [5.41, 5.74) is -1.23. The van der Waals surface area contributed by atoms with Crippen molar-refractivity contribution < 1.29 is 14.3 Å². The molecule has 1 rings (SSSR count). The fraction of sp³-hybridized carbons (Fsp3) is 0.438. The van der Waals surface area contributed by atoms with Crippen molar-refractivity contribution >= 4 is 5.91 Å². The van der Waals surface area contributed by atoms with E-state index in [4.69, 9.17) is 4.42 Å². The number of amides is 1. The third-order valence-electron chi connectivity index (χ3n) is 3.15. The summed E-state index contributed by atoms with van der Waals surface area (Å²) in [6.45, 7) is 10.8. The van der Waals surface area contributed by atoms with E-state index in [0.29, 0.717) is 18.6 Å². The SMILES string of the molecule is C=CCC(CC=C)C(=O)NCC(C)(O)c1ccc(C)o1. The van der Waals surface area contributed by atoms with E-state index >= 15 is 0 Å². The van der Waals surface area contributed by atoms with Crippen LogP contribution in [0.5, 0.6) is 0 Å². The summed E-state index contributed by atoms with van der Waals surface area (Å²) in [7, 11) is 0. The quantitative estimate of drug-likeness (QED) is 0.718. The molecule has 110 valence electrons. The van der Waals surface area contributed by atoms with Gasteiger partial charge in [-0.3, -0.25) is 4.79 Å². The average Bonchev–Trinajstić information content (AvgIpc) is 2.83. The zero-order valence-corrected chi connectivity index (χ0v) is 12.2. The molecule has 2 N–H and O–H groups in total. The first kappa shape index (κ1) is 16.2. The van der Waals surface area contributed by atoms with Gasteiger partial charge in [0.1, 0.15) is 17.1 Å². The summed E-state index contributed by atoms with van der Waals surface area (Å²) < 4.78 is 5.40. The molecule has 0 fully saturated rings. The monoisotopic (exact) mass is 277 g/mol. The van der Waals surface area contributed by atoms with Gasteiger partial charge in [-0.05, 0) is 38.8 Å². The lowest BCUT2D eigenvalue weighted by atomic mass is 9.99. The summed E-state index contributed by atoms with van der Waals surface area (Å²) in [5, 5.41) is 13.1. The van der Waals surface area contributed by atoms with Crippen LogP contribution in [0.4, 0.5) is 0 Å². The lowest BCUT2D eigenvalue weighted by Gasteiger charge is -2.23. The lowest BCUT2D eigenvalue weighted by molar-refractivity contribution is -0.126. The minimum absolute atomic E-state index is 0.101. The van der Waals surface area contributed by atoms with Gasteiger partial charge in [0, 0.05) is 5.92 Å². The van der Waals surface area contributed by atoms with E-state index in [1.54, 1.807) is 31.2 Å². The Labute approximate surface area is 120 Å². The third kappa shape index (κ3) is 4.38. The van der Waals surface area contributed by atoms with Crippen molar-refractivity contribution in [2.75, 3.05) is 6.54 Å². The number of hydrogen-bond acceptors (Lipinski definition) is 3. The number of aryl methyl sites for hydroxylation is 1. The van der Waals surface area contributed by atoms with Crippen molar-refractivity contribution in [3.8, 4) is 0 Å². The highest BCUT2D eigenvalue weighted by Crippen LogP contribution is 2.22. The van der Waals surface area contributed by atoms with Crippen LogP contribution in [0.25, 0.3) is 0 Å². The normalized spacial score (nSPS) is 13.8. The maximum atomic E-state index is 12.1. The van der Waals surface area contributed by atoms with Crippen LogP contribution in [0.1, 0.15) is 31.3 Å². The molecule has 0 aliphatic carbocycles. The van der Waals surface area contributed by atoms with Gasteiger partial charge in [-0.15, -0.1) is 13.2 Å². The first-order chi connectivity index (χ1) is 9.40. The summed E-state index contributed by atoms with van der Waals surface area (Å²) in [6.07, 6.45) is 4.59. The highest BCUT2D eigenvalue weighted by molar-refractivity contribution is 5.79. The minimum atomic E-state index is -1.23. The first-order valence-electron chi connectivity index (χ1n) is 6.69. The van der Waals surface area contributed by atoms with Crippen LogP contribution in [0, 0.1) is 12.8 Å². The second-order valence-corrected chi connectivity index (χ2v) is 5.15. The molecule has 1 aromatic rings. The molecule has 0 aliphatic rings. The predicted molar refractivity (Wildman–Crippen MR) is 79.1 cm³/mol. The molecule has 20 heavy (non-hydrogen) atoms. The molecule has 0 aliphatic heterocycles. The number of carbonyl (C=O) groups is 1. The second-order valence-electron chi connectivity index (χ2n) is 5.15. The Morgan fingerprint density at radius 3 is 2.50 bits per heavy atom. The molecular weight excluding hydrogens is 254 g/mol. The molecule has 0 spiro atoms. The highest BCUT2D eigenvalue weighted by Gasteiger charge is 2.28. The number of furan rings is 1. The van der Waals surface area contributed by atoms with Gasteiger partial charge in [0.15, 0.2) is 0 Å². The molecule has 1 unspecified atom stereocenters. The number of nitrogens with one attached hydrogen (secondary N) is 1. The molecule has 1 aromatic heterocycles. The molecule has 1 amide bonds. The zero-order valence-electron chi connectivity index (χ0n) is 12.2. The number of hydrogen-bond donors (Lipinski definition) is 2. The van der Waals surface area contributed by atoms with Crippen LogP contribution in [-0.4, -0.2) is 17.6 Å². The van der Waals surface area contributed by atoms with E-state index in [0.717, 1.165) is 5.76 Å². The maximum absolute atomic E-state index is 12.1. The maximum Gasteiger partial charge on any atom is 0.223 e. The zero-order chi connectivity index (χ0) is 15.2. The standard InChI is InChI=1S/C16H23NO3/c1-5-7-13(8-6-2)15(18)17-11-16(4,19)14-10-9-12(3)20-14/h5-6,9-10,13,19H,1-2,7-8,11H2,3-4H3,(H,17,18). The third-order valence-corrected chi connectivity index (χ3v) is 3.15. The van der Waals surface area contributed by atoms with Crippen molar-refractivity contribution in [1.82, 2.24) is 5.32 Å². The molecular formula is C16H23NO3. The van der Waals surface area contributed by atoms with Gasteiger partial charge in [-0.25, -0.2) is 0 Å². The van der Waals surface area contributed by atoms with Crippen molar-refractivity contribution in [1.29, 1.82) is 0 Å². The van der Waals surface area contributed by atoms with Gasteiger partial charge < -0.3 is 14.8 Å². The van der Waals surface area contributed by atoms with Crippen LogP contribution in [0.2, 0.25) is 0 Å². The Morgan fingerprint density at radius 1 is 1.45 bits per heavy atom.